The molecule has 0 aliphatic carbocycles. The Morgan fingerprint density at radius 3 is 2.55 bits per heavy atom. The molecule has 1 aromatic carbocycles. The summed E-state index contributed by atoms with van der Waals surface area (Å²) in [6, 6.07) is 8.20. The summed E-state index contributed by atoms with van der Waals surface area (Å²) >= 11 is 0. The molecule has 0 saturated heterocycles. The summed E-state index contributed by atoms with van der Waals surface area (Å²) in [7, 11) is 1.60. The standard InChI is InChI=1S/C15H24N2O3/c1-12(2)17-10-13-4-6-14(7-5-13)20-11-15(18)16-8-9-19-3/h4-7,12,17H,8-11H2,1-3H3,(H,16,18). The van der Waals surface area contributed by atoms with Crippen LogP contribution in [-0.2, 0) is 16.1 Å². The van der Waals surface area contributed by atoms with Crippen molar-refractivity contribution in [1.29, 1.82) is 0 Å². The molecule has 0 aromatic heterocycles. The second-order valence-corrected chi connectivity index (χ2v) is 4.81. The molecular formula is C15H24N2O3. The third-order valence-corrected chi connectivity index (χ3v) is 2.64. The van der Waals surface area contributed by atoms with Gasteiger partial charge in [-0.15, -0.1) is 0 Å². The normalized spacial score (nSPS) is 10.6. The van der Waals surface area contributed by atoms with Gasteiger partial charge in [0.05, 0.1) is 6.61 Å². The average Bonchev–Trinajstić information content (AvgIpc) is 2.44. The van der Waals surface area contributed by atoms with Crippen LogP contribution >= 0.6 is 0 Å². The van der Waals surface area contributed by atoms with Crippen molar-refractivity contribution in [2.45, 2.75) is 26.4 Å². The molecule has 0 saturated carbocycles. The van der Waals surface area contributed by atoms with E-state index in [0.29, 0.717) is 24.9 Å². The van der Waals surface area contributed by atoms with E-state index in [2.05, 4.69) is 24.5 Å². The third-order valence-electron chi connectivity index (χ3n) is 2.64. The fourth-order valence-corrected chi connectivity index (χ4v) is 1.52. The molecule has 0 atom stereocenters. The highest BCUT2D eigenvalue weighted by molar-refractivity contribution is 5.77. The number of amides is 1. The van der Waals surface area contributed by atoms with Crippen LogP contribution in [0.5, 0.6) is 5.75 Å². The topological polar surface area (TPSA) is 59.6 Å². The van der Waals surface area contributed by atoms with Gasteiger partial charge in [0.15, 0.2) is 6.61 Å². The molecule has 0 aliphatic rings. The Morgan fingerprint density at radius 1 is 1.25 bits per heavy atom. The van der Waals surface area contributed by atoms with Crippen molar-refractivity contribution in [2.75, 3.05) is 26.9 Å². The molecule has 0 heterocycles. The average molecular weight is 280 g/mol. The Balaban J connectivity index is 2.28. The highest BCUT2D eigenvalue weighted by atomic mass is 16.5. The number of methoxy groups -OCH3 is 1. The quantitative estimate of drug-likeness (QED) is 0.670. The number of carbonyl (C=O) groups is 1. The van der Waals surface area contributed by atoms with E-state index >= 15 is 0 Å². The Morgan fingerprint density at radius 2 is 1.95 bits per heavy atom. The lowest BCUT2D eigenvalue weighted by Gasteiger charge is -2.10. The molecule has 2 N–H and O–H groups in total. The first-order valence-corrected chi connectivity index (χ1v) is 6.82. The van der Waals surface area contributed by atoms with Gasteiger partial charge in [-0.05, 0) is 17.7 Å². The molecule has 1 rings (SSSR count). The van der Waals surface area contributed by atoms with Crippen molar-refractivity contribution < 1.29 is 14.3 Å². The molecule has 5 nitrogen and oxygen atoms in total. The van der Waals surface area contributed by atoms with Crippen LogP contribution in [0.15, 0.2) is 24.3 Å². The maximum absolute atomic E-state index is 11.4. The smallest absolute Gasteiger partial charge is 0.258 e. The van der Waals surface area contributed by atoms with Crippen LogP contribution in [0, 0.1) is 0 Å². The summed E-state index contributed by atoms with van der Waals surface area (Å²) in [4.78, 5) is 11.4. The van der Waals surface area contributed by atoms with Gasteiger partial charge in [-0.2, -0.15) is 0 Å². The first-order valence-electron chi connectivity index (χ1n) is 6.82. The van der Waals surface area contributed by atoms with Crippen LogP contribution in [0.25, 0.3) is 0 Å². The number of carbonyl (C=O) groups excluding carboxylic acids is 1. The van der Waals surface area contributed by atoms with Crippen LogP contribution in [0.4, 0.5) is 0 Å². The lowest BCUT2D eigenvalue weighted by Crippen LogP contribution is -2.31. The van der Waals surface area contributed by atoms with Crippen LogP contribution in [0.1, 0.15) is 19.4 Å². The highest BCUT2D eigenvalue weighted by Gasteiger charge is 2.02. The van der Waals surface area contributed by atoms with Gasteiger partial charge in [-0.1, -0.05) is 26.0 Å². The summed E-state index contributed by atoms with van der Waals surface area (Å²) in [5.41, 5.74) is 1.19. The minimum Gasteiger partial charge on any atom is -0.484 e. The fourth-order valence-electron chi connectivity index (χ4n) is 1.52. The maximum atomic E-state index is 11.4. The monoisotopic (exact) mass is 280 g/mol. The molecule has 0 radical (unpaired) electrons. The van der Waals surface area contributed by atoms with Gasteiger partial charge in [0.1, 0.15) is 5.75 Å². The predicted molar refractivity (Wildman–Crippen MR) is 78.8 cm³/mol. The summed E-state index contributed by atoms with van der Waals surface area (Å²) in [6.45, 7) is 6.07. The summed E-state index contributed by atoms with van der Waals surface area (Å²) < 4.78 is 10.3. The van der Waals surface area contributed by atoms with E-state index in [-0.39, 0.29) is 12.5 Å². The second kappa shape index (κ2) is 9.34. The summed E-state index contributed by atoms with van der Waals surface area (Å²) in [5, 5.41) is 6.04. The first kappa shape index (κ1) is 16.5. The molecule has 0 aliphatic heterocycles. The Bertz CT molecular complexity index is 391. The number of nitrogens with one attached hydrogen (secondary N) is 2. The van der Waals surface area contributed by atoms with Crippen LogP contribution in [-0.4, -0.2) is 38.8 Å². The van der Waals surface area contributed by atoms with E-state index in [1.165, 1.54) is 5.56 Å². The number of rotatable bonds is 9. The molecule has 5 heteroatoms. The lowest BCUT2D eigenvalue weighted by molar-refractivity contribution is -0.123. The zero-order valence-corrected chi connectivity index (χ0v) is 12.4. The van der Waals surface area contributed by atoms with Crippen molar-refractivity contribution in [2.24, 2.45) is 0 Å². The zero-order chi connectivity index (χ0) is 14.8. The number of benzene rings is 1. The molecular weight excluding hydrogens is 256 g/mol. The number of hydrogen-bond donors (Lipinski definition) is 2. The predicted octanol–water partition coefficient (Wildman–Crippen LogP) is 1.33. The van der Waals surface area contributed by atoms with Gasteiger partial charge in [0.25, 0.3) is 5.91 Å². The molecule has 112 valence electrons. The largest absolute Gasteiger partial charge is 0.484 e. The van der Waals surface area contributed by atoms with E-state index in [9.17, 15) is 4.79 Å². The van der Waals surface area contributed by atoms with Crippen molar-refractivity contribution in [1.82, 2.24) is 10.6 Å². The van der Waals surface area contributed by atoms with Crippen molar-refractivity contribution >= 4 is 5.91 Å². The van der Waals surface area contributed by atoms with Crippen LogP contribution < -0.4 is 15.4 Å². The van der Waals surface area contributed by atoms with Crippen LogP contribution in [0.2, 0.25) is 0 Å². The highest BCUT2D eigenvalue weighted by Crippen LogP contribution is 2.12. The lowest BCUT2D eigenvalue weighted by atomic mass is 10.2. The number of ether oxygens (including phenoxy) is 2. The second-order valence-electron chi connectivity index (χ2n) is 4.81. The molecule has 20 heavy (non-hydrogen) atoms. The van der Waals surface area contributed by atoms with E-state index in [0.717, 1.165) is 6.54 Å². The Hall–Kier alpha value is -1.59. The third kappa shape index (κ3) is 7.11. The van der Waals surface area contributed by atoms with E-state index < -0.39 is 0 Å². The van der Waals surface area contributed by atoms with Crippen molar-refractivity contribution in [3.63, 3.8) is 0 Å². The molecule has 0 bridgehead atoms. The molecule has 0 unspecified atom stereocenters. The van der Waals surface area contributed by atoms with Gasteiger partial charge in [0.2, 0.25) is 0 Å². The van der Waals surface area contributed by atoms with Gasteiger partial charge < -0.3 is 20.1 Å². The summed E-state index contributed by atoms with van der Waals surface area (Å²) in [6.07, 6.45) is 0. The summed E-state index contributed by atoms with van der Waals surface area (Å²) in [5.74, 6) is 0.549. The van der Waals surface area contributed by atoms with Gasteiger partial charge >= 0.3 is 0 Å². The van der Waals surface area contributed by atoms with Gasteiger partial charge in [0, 0.05) is 26.2 Å². The Labute approximate surface area is 120 Å². The first-order chi connectivity index (χ1) is 9.61. The van der Waals surface area contributed by atoms with E-state index in [4.69, 9.17) is 9.47 Å². The molecule has 1 amide bonds. The van der Waals surface area contributed by atoms with Crippen LogP contribution in [0.3, 0.4) is 0 Å². The fraction of sp³-hybridized carbons (Fsp3) is 0.533. The maximum Gasteiger partial charge on any atom is 0.258 e. The van der Waals surface area contributed by atoms with Gasteiger partial charge in [-0.3, -0.25) is 4.79 Å². The van der Waals surface area contributed by atoms with Crippen molar-refractivity contribution in [3.05, 3.63) is 29.8 Å². The van der Waals surface area contributed by atoms with E-state index in [1.807, 2.05) is 24.3 Å². The minimum absolute atomic E-state index is 0.0211. The van der Waals surface area contributed by atoms with Gasteiger partial charge in [-0.25, -0.2) is 0 Å². The molecule has 0 spiro atoms. The Kier molecular flexibility index (Phi) is 7.69. The minimum atomic E-state index is -0.146. The zero-order valence-electron chi connectivity index (χ0n) is 12.4. The van der Waals surface area contributed by atoms with Crippen molar-refractivity contribution in [3.8, 4) is 5.75 Å². The van der Waals surface area contributed by atoms with E-state index in [1.54, 1.807) is 7.11 Å². The SMILES string of the molecule is COCCNC(=O)COc1ccc(CNC(C)C)cc1. The molecule has 0 fully saturated rings. The molecule has 1 aromatic rings. The number of hydrogen-bond acceptors (Lipinski definition) is 4.